The molecule has 19 heavy (non-hydrogen) atoms. The molecule has 1 aliphatic carbocycles. The van der Waals surface area contributed by atoms with E-state index in [0.29, 0.717) is 12.4 Å². The highest BCUT2D eigenvalue weighted by Gasteiger charge is 2.14. The van der Waals surface area contributed by atoms with Crippen molar-refractivity contribution in [1.29, 1.82) is 0 Å². The Morgan fingerprint density at radius 3 is 2.68 bits per heavy atom. The molecule has 0 N–H and O–H groups in total. The lowest BCUT2D eigenvalue weighted by Gasteiger charge is -2.04. The summed E-state index contributed by atoms with van der Waals surface area (Å²) in [5.41, 5.74) is 4.31. The van der Waals surface area contributed by atoms with Crippen LogP contribution in [0.15, 0.2) is 12.1 Å². The first-order valence-electron chi connectivity index (χ1n) is 6.57. The summed E-state index contributed by atoms with van der Waals surface area (Å²) in [6.45, 7) is 2.15. The van der Waals surface area contributed by atoms with Crippen molar-refractivity contribution < 1.29 is 9.53 Å². The lowest BCUT2D eigenvalue weighted by molar-refractivity contribution is -0.142. The normalized spacial score (nSPS) is 13.5. The number of carbonyl (C=O) groups excluding carboxylic acids is 1. The van der Waals surface area contributed by atoms with Crippen LogP contribution in [0, 0.1) is 0 Å². The molecule has 0 saturated carbocycles. The molecule has 0 fully saturated rings. The summed E-state index contributed by atoms with van der Waals surface area (Å²) in [4.78, 5) is 15.8. The fourth-order valence-electron chi connectivity index (χ4n) is 2.46. The van der Waals surface area contributed by atoms with Crippen LogP contribution in [0.1, 0.15) is 30.3 Å². The SMILES string of the molecule is CCOC(=O)Cc1nnc2cc3c(cc2n1)CCC3. The Kier molecular flexibility index (Phi) is 3.11. The molecule has 0 spiro atoms. The van der Waals surface area contributed by atoms with E-state index in [4.69, 9.17) is 4.74 Å². The number of carbonyl (C=O) groups is 1. The number of esters is 1. The molecule has 0 aliphatic heterocycles. The average molecular weight is 257 g/mol. The van der Waals surface area contributed by atoms with Crippen molar-refractivity contribution in [2.75, 3.05) is 6.61 Å². The van der Waals surface area contributed by atoms with Crippen LogP contribution in [0.5, 0.6) is 0 Å². The van der Waals surface area contributed by atoms with Gasteiger partial charge in [-0.1, -0.05) is 0 Å². The van der Waals surface area contributed by atoms with Gasteiger partial charge in [0.15, 0.2) is 5.82 Å². The van der Waals surface area contributed by atoms with Crippen LogP contribution in [0.3, 0.4) is 0 Å². The highest BCUT2D eigenvalue weighted by molar-refractivity contribution is 5.77. The first kappa shape index (κ1) is 12.0. The Morgan fingerprint density at radius 2 is 1.95 bits per heavy atom. The van der Waals surface area contributed by atoms with E-state index in [2.05, 4.69) is 27.3 Å². The molecule has 0 radical (unpaired) electrons. The topological polar surface area (TPSA) is 65.0 Å². The maximum absolute atomic E-state index is 11.4. The zero-order chi connectivity index (χ0) is 13.2. The number of fused-ring (bicyclic) bond motifs is 2. The van der Waals surface area contributed by atoms with E-state index >= 15 is 0 Å². The van der Waals surface area contributed by atoms with E-state index < -0.39 is 0 Å². The molecule has 1 aromatic heterocycles. The van der Waals surface area contributed by atoms with Gasteiger partial charge in [0.1, 0.15) is 11.9 Å². The standard InChI is InChI=1S/C14H15N3O2/c1-2-19-14(18)8-13-15-11-6-9-4-3-5-10(9)7-12(11)16-17-13/h6-7H,2-5,8H2,1H3. The van der Waals surface area contributed by atoms with Gasteiger partial charge in [-0.05, 0) is 49.4 Å². The van der Waals surface area contributed by atoms with Crippen molar-refractivity contribution >= 4 is 17.0 Å². The van der Waals surface area contributed by atoms with Gasteiger partial charge >= 0.3 is 5.97 Å². The van der Waals surface area contributed by atoms with Crippen molar-refractivity contribution in [2.24, 2.45) is 0 Å². The number of aryl methyl sites for hydroxylation is 2. The molecule has 5 heteroatoms. The quantitative estimate of drug-likeness (QED) is 0.782. The van der Waals surface area contributed by atoms with Crippen LogP contribution in [0.4, 0.5) is 0 Å². The molecule has 0 bridgehead atoms. The van der Waals surface area contributed by atoms with Crippen molar-refractivity contribution in [1.82, 2.24) is 15.2 Å². The summed E-state index contributed by atoms with van der Waals surface area (Å²) >= 11 is 0. The smallest absolute Gasteiger partial charge is 0.313 e. The Hall–Kier alpha value is -2.04. The summed E-state index contributed by atoms with van der Waals surface area (Å²) in [6.07, 6.45) is 3.47. The number of nitrogens with zero attached hydrogens (tertiary/aromatic N) is 3. The second kappa shape index (κ2) is 4.91. The van der Waals surface area contributed by atoms with Gasteiger partial charge in [-0.2, -0.15) is 0 Å². The third-order valence-corrected chi connectivity index (χ3v) is 3.32. The molecule has 0 unspecified atom stereocenters. The lowest BCUT2D eigenvalue weighted by Crippen LogP contribution is -2.11. The summed E-state index contributed by atoms with van der Waals surface area (Å²) in [5, 5.41) is 8.14. The second-order valence-electron chi connectivity index (χ2n) is 4.67. The minimum Gasteiger partial charge on any atom is -0.466 e. The molecule has 0 atom stereocenters. The molecule has 0 amide bonds. The van der Waals surface area contributed by atoms with Crippen LogP contribution in [0.2, 0.25) is 0 Å². The van der Waals surface area contributed by atoms with Gasteiger partial charge in [0, 0.05) is 0 Å². The van der Waals surface area contributed by atoms with Crippen molar-refractivity contribution in [3.05, 3.63) is 29.1 Å². The Balaban J connectivity index is 1.92. The van der Waals surface area contributed by atoms with Crippen LogP contribution in [0.25, 0.3) is 11.0 Å². The monoisotopic (exact) mass is 257 g/mol. The fraction of sp³-hybridized carbons (Fsp3) is 0.429. The zero-order valence-corrected chi connectivity index (χ0v) is 10.8. The molecule has 3 rings (SSSR count). The van der Waals surface area contributed by atoms with E-state index in [-0.39, 0.29) is 12.4 Å². The summed E-state index contributed by atoms with van der Waals surface area (Å²) in [5.74, 6) is 0.105. The molecule has 1 heterocycles. The number of rotatable bonds is 3. The molecule has 1 aromatic carbocycles. The molecule has 0 saturated heterocycles. The van der Waals surface area contributed by atoms with E-state index in [1.165, 1.54) is 17.5 Å². The van der Waals surface area contributed by atoms with Gasteiger partial charge in [-0.15, -0.1) is 10.2 Å². The van der Waals surface area contributed by atoms with Gasteiger partial charge in [0.2, 0.25) is 0 Å². The highest BCUT2D eigenvalue weighted by Crippen LogP contribution is 2.25. The maximum atomic E-state index is 11.4. The third-order valence-electron chi connectivity index (χ3n) is 3.32. The molecule has 5 nitrogen and oxygen atoms in total. The molecule has 2 aromatic rings. The number of ether oxygens (including phenoxy) is 1. The van der Waals surface area contributed by atoms with Crippen LogP contribution >= 0.6 is 0 Å². The predicted octanol–water partition coefficient (Wildman–Crippen LogP) is 1.62. The average Bonchev–Trinajstić information content (AvgIpc) is 2.83. The van der Waals surface area contributed by atoms with Gasteiger partial charge < -0.3 is 4.74 Å². The first-order valence-corrected chi connectivity index (χ1v) is 6.57. The number of benzene rings is 1. The summed E-state index contributed by atoms with van der Waals surface area (Å²) in [7, 11) is 0. The van der Waals surface area contributed by atoms with Gasteiger partial charge in [-0.25, -0.2) is 4.98 Å². The molecular formula is C14H15N3O2. The Bertz CT molecular complexity index is 640. The van der Waals surface area contributed by atoms with Crippen LogP contribution in [-0.2, 0) is 28.8 Å². The minimum absolute atomic E-state index is 0.0772. The van der Waals surface area contributed by atoms with Crippen molar-refractivity contribution in [3.63, 3.8) is 0 Å². The lowest BCUT2D eigenvalue weighted by atomic mass is 10.1. The van der Waals surface area contributed by atoms with E-state index in [9.17, 15) is 4.79 Å². The Morgan fingerprint density at radius 1 is 1.21 bits per heavy atom. The maximum Gasteiger partial charge on any atom is 0.313 e. The van der Waals surface area contributed by atoms with Crippen molar-refractivity contribution in [3.8, 4) is 0 Å². The molecule has 1 aliphatic rings. The number of aromatic nitrogens is 3. The number of hydrogen-bond acceptors (Lipinski definition) is 5. The van der Waals surface area contributed by atoms with Gasteiger partial charge in [0.05, 0.1) is 12.1 Å². The fourth-order valence-corrected chi connectivity index (χ4v) is 2.46. The largest absolute Gasteiger partial charge is 0.466 e. The summed E-state index contributed by atoms with van der Waals surface area (Å²) < 4.78 is 4.89. The highest BCUT2D eigenvalue weighted by atomic mass is 16.5. The predicted molar refractivity (Wildman–Crippen MR) is 69.7 cm³/mol. The zero-order valence-electron chi connectivity index (χ0n) is 10.8. The van der Waals surface area contributed by atoms with Crippen molar-refractivity contribution in [2.45, 2.75) is 32.6 Å². The van der Waals surface area contributed by atoms with E-state index in [1.54, 1.807) is 6.92 Å². The molecular weight excluding hydrogens is 242 g/mol. The third kappa shape index (κ3) is 2.41. The second-order valence-corrected chi connectivity index (χ2v) is 4.67. The van der Waals surface area contributed by atoms with Gasteiger partial charge in [-0.3, -0.25) is 4.79 Å². The van der Waals surface area contributed by atoms with Crippen LogP contribution < -0.4 is 0 Å². The summed E-state index contributed by atoms with van der Waals surface area (Å²) in [6, 6.07) is 4.13. The van der Waals surface area contributed by atoms with E-state index in [1.807, 2.05) is 0 Å². The molecule has 98 valence electrons. The number of hydrogen-bond donors (Lipinski definition) is 0. The van der Waals surface area contributed by atoms with E-state index in [0.717, 1.165) is 23.9 Å². The Labute approximate surface area is 111 Å². The first-order chi connectivity index (χ1) is 9.26. The van der Waals surface area contributed by atoms with Gasteiger partial charge in [0.25, 0.3) is 0 Å². The minimum atomic E-state index is -0.315. The van der Waals surface area contributed by atoms with Crippen LogP contribution in [-0.4, -0.2) is 27.8 Å².